The molecule has 0 spiro atoms. The van der Waals surface area contributed by atoms with Crippen molar-refractivity contribution in [3.8, 4) is 6.07 Å². The van der Waals surface area contributed by atoms with Gasteiger partial charge in [-0.3, -0.25) is 0 Å². The minimum absolute atomic E-state index is 0.526. The summed E-state index contributed by atoms with van der Waals surface area (Å²) >= 11 is 0. The minimum Gasteiger partial charge on any atom is -0.396 e. The molecule has 1 saturated heterocycles. The zero-order valence-electron chi connectivity index (χ0n) is 15.4. The molecule has 0 amide bonds. The van der Waals surface area contributed by atoms with Gasteiger partial charge in [0, 0.05) is 51.3 Å². The Morgan fingerprint density at radius 3 is 2.44 bits per heavy atom. The van der Waals surface area contributed by atoms with E-state index in [2.05, 4.69) is 45.1 Å². The van der Waals surface area contributed by atoms with Gasteiger partial charge in [-0.1, -0.05) is 18.2 Å². The second kappa shape index (κ2) is 7.08. The van der Waals surface area contributed by atoms with E-state index < -0.39 is 0 Å². The maximum absolute atomic E-state index is 9.56. The summed E-state index contributed by atoms with van der Waals surface area (Å²) in [7, 11) is 1.96. The van der Waals surface area contributed by atoms with Crippen LogP contribution in [-0.2, 0) is 13.6 Å². The molecule has 2 N–H and O–H groups in total. The van der Waals surface area contributed by atoms with Crippen molar-refractivity contribution in [2.45, 2.75) is 6.54 Å². The molecular weight excluding hydrogens is 338 g/mol. The molecule has 138 valence electrons. The molecule has 27 heavy (non-hydrogen) atoms. The van der Waals surface area contributed by atoms with E-state index >= 15 is 0 Å². The molecule has 0 bridgehead atoms. The van der Waals surface area contributed by atoms with Crippen LogP contribution in [0.5, 0.6) is 0 Å². The van der Waals surface area contributed by atoms with Crippen molar-refractivity contribution in [2.24, 2.45) is 7.05 Å². The number of para-hydroxylation sites is 1. The lowest BCUT2D eigenvalue weighted by Crippen LogP contribution is -2.47. The number of hydrogen-bond acceptors (Lipinski definition) is 5. The number of aryl methyl sites for hydroxylation is 1. The first kappa shape index (κ1) is 17.0. The van der Waals surface area contributed by atoms with Crippen molar-refractivity contribution in [3.05, 3.63) is 60.3 Å². The lowest BCUT2D eigenvalue weighted by molar-refractivity contribution is 0.619. The predicted octanol–water partition coefficient (Wildman–Crippen LogP) is 2.05. The van der Waals surface area contributed by atoms with Crippen LogP contribution >= 0.6 is 0 Å². The summed E-state index contributed by atoms with van der Waals surface area (Å²) in [4.78, 5) is 9.05. The van der Waals surface area contributed by atoms with Crippen LogP contribution in [0.2, 0.25) is 0 Å². The molecule has 4 rings (SSSR count). The van der Waals surface area contributed by atoms with Crippen molar-refractivity contribution in [3.63, 3.8) is 0 Å². The van der Waals surface area contributed by atoms with Crippen LogP contribution < -0.4 is 15.5 Å². The van der Waals surface area contributed by atoms with Gasteiger partial charge in [0.15, 0.2) is 0 Å². The molecule has 3 heterocycles. The Kier molecular flexibility index (Phi) is 4.47. The first-order valence-electron chi connectivity index (χ1n) is 9.07. The highest BCUT2D eigenvalue weighted by molar-refractivity contribution is 5.68. The van der Waals surface area contributed by atoms with E-state index in [4.69, 9.17) is 5.73 Å². The number of hydrogen-bond donors (Lipinski definition) is 1. The van der Waals surface area contributed by atoms with Crippen molar-refractivity contribution in [1.82, 2.24) is 14.1 Å². The summed E-state index contributed by atoms with van der Waals surface area (Å²) in [6.07, 6.45) is 3.68. The number of aromatic nitrogens is 3. The van der Waals surface area contributed by atoms with Gasteiger partial charge in [-0.15, -0.1) is 0 Å². The van der Waals surface area contributed by atoms with Gasteiger partial charge in [0.2, 0.25) is 0 Å². The highest BCUT2D eigenvalue weighted by Gasteiger charge is 2.24. The lowest BCUT2D eigenvalue weighted by Gasteiger charge is -2.38. The molecule has 0 atom stereocenters. The largest absolute Gasteiger partial charge is 0.396 e. The summed E-state index contributed by atoms with van der Waals surface area (Å²) in [5.41, 5.74) is 8.76. The molecule has 0 radical (unpaired) electrons. The van der Waals surface area contributed by atoms with E-state index in [1.807, 2.05) is 28.4 Å². The number of nitriles is 1. The van der Waals surface area contributed by atoms with Gasteiger partial charge in [-0.25, -0.2) is 4.98 Å². The zero-order valence-corrected chi connectivity index (χ0v) is 15.4. The lowest BCUT2D eigenvalue weighted by atomic mass is 10.2. The molecule has 1 aliphatic heterocycles. The van der Waals surface area contributed by atoms with Crippen molar-refractivity contribution in [2.75, 3.05) is 41.7 Å². The van der Waals surface area contributed by atoms with Gasteiger partial charge < -0.3 is 24.7 Å². The Bertz CT molecular complexity index is 956. The number of rotatable bonds is 4. The highest BCUT2D eigenvalue weighted by Crippen LogP contribution is 2.30. The first-order valence-corrected chi connectivity index (χ1v) is 9.07. The fraction of sp³-hybridized carbons (Fsp3) is 0.300. The topological polar surface area (TPSA) is 79.0 Å². The van der Waals surface area contributed by atoms with Gasteiger partial charge >= 0.3 is 0 Å². The van der Waals surface area contributed by atoms with Gasteiger partial charge in [-0.2, -0.15) is 5.26 Å². The van der Waals surface area contributed by atoms with Crippen LogP contribution in [-0.4, -0.2) is 40.3 Å². The van der Waals surface area contributed by atoms with E-state index in [-0.39, 0.29) is 0 Å². The highest BCUT2D eigenvalue weighted by atomic mass is 15.3. The smallest absolute Gasteiger partial charge is 0.133 e. The number of piperazine rings is 1. The fourth-order valence-corrected chi connectivity index (χ4v) is 3.67. The quantitative estimate of drug-likeness (QED) is 0.769. The number of anilines is 3. The standard InChI is InChI=1S/C20H23N7/c1-24-8-7-23-19(24)15-27-17(14-21)13-18(22)20(27)26-11-9-25(10-12-26)16-5-3-2-4-6-16/h2-8,13H,9-12,15,22H2,1H3. The second-order valence-electron chi connectivity index (χ2n) is 6.77. The van der Waals surface area contributed by atoms with E-state index in [0.717, 1.165) is 37.8 Å². The molecule has 1 fully saturated rings. The van der Waals surface area contributed by atoms with Gasteiger partial charge in [0.1, 0.15) is 23.4 Å². The minimum atomic E-state index is 0.526. The molecule has 0 saturated carbocycles. The second-order valence-corrected chi connectivity index (χ2v) is 6.77. The monoisotopic (exact) mass is 361 g/mol. The Balaban J connectivity index is 1.58. The molecule has 0 aliphatic carbocycles. The first-order chi connectivity index (χ1) is 13.2. The van der Waals surface area contributed by atoms with Crippen molar-refractivity contribution < 1.29 is 0 Å². The van der Waals surface area contributed by atoms with Crippen LogP contribution in [0.25, 0.3) is 0 Å². The van der Waals surface area contributed by atoms with E-state index in [1.165, 1.54) is 5.69 Å². The number of imidazole rings is 1. The Hall–Kier alpha value is -3.40. The molecule has 7 heteroatoms. The molecule has 1 aliphatic rings. The SMILES string of the molecule is Cn1ccnc1Cn1c(C#N)cc(N)c1N1CCN(c2ccccc2)CC1. The van der Waals surface area contributed by atoms with Crippen LogP contribution in [0.4, 0.5) is 17.2 Å². The van der Waals surface area contributed by atoms with Crippen LogP contribution in [0.3, 0.4) is 0 Å². The van der Waals surface area contributed by atoms with E-state index in [9.17, 15) is 5.26 Å². The zero-order chi connectivity index (χ0) is 18.8. The molecule has 7 nitrogen and oxygen atoms in total. The van der Waals surface area contributed by atoms with Crippen LogP contribution in [0, 0.1) is 11.3 Å². The summed E-state index contributed by atoms with van der Waals surface area (Å²) < 4.78 is 3.95. The number of nitrogens with two attached hydrogens (primary N) is 1. The van der Waals surface area contributed by atoms with Crippen LogP contribution in [0.15, 0.2) is 48.8 Å². The van der Waals surface area contributed by atoms with E-state index in [0.29, 0.717) is 17.9 Å². The summed E-state index contributed by atoms with van der Waals surface area (Å²) in [5.74, 6) is 1.81. The normalized spacial score (nSPS) is 14.4. The number of nitrogens with zero attached hydrogens (tertiary/aromatic N) is 6. The van der Waals surface area contributed by atoms with E-state index in [1.54, 1.807) is 12.3 Å². The molecule has 2 aromatic heterocycles. The average Bonchev–Trinajstić information content (AvgIpc) is 3.25. The van der Waals surface area contributed by atoms with Gasteiger partial charge in [-0.05, 0) is 18.2 Å². The van der Waals surface area contributed by atoms with Crippen molar-refractivity contribution in [1.29, 1.82) is 5.26 Å². The molecular formula is C20H23N7. The molecule has 1 aromatic carbocycles. The third kappa shape index (κ3) is 3.22. The Morgan fingerprint density at radius 1 is 1.11 bits per heavy atom. The third-order valence-electron chi connectivity index (χ3n) is 5.13. The molecule has 0 unspecified atom stereocenters. The number of benzene rings is 1. The molecule has 3 aromatic rings. The maximum Gasteiger partial charge on any atom is 0.133 e. The number of nitrogen functional groups attached to an aromatic ring is 1. The summed E-state index contributed by atoms with van der Waals surface area (Å²) in [6.45, 7) is 4.07. The Labute approximate surface area is 158 Å². The van der Waals surface area contributed by atoms with Gasteiger partial charge in [0.05, 0.1) is 12.2 Å². The summed E-state index contributed by atoms with van der Waals surface area (Å²) in [6, 6.07) is 14.5. The fourth-order valence-electron chi connectivity index (χ4n) is 3.67. The van der Waals surface area contributed by atoms with Gasteiger partial charge in [0.25, 0.3) is 0 Å². The average molecular weight is 361 g/mol. The summed E-state index contributed by atoms with van der Waals surface area (Å²) in [5, 5.41) is 9.56. The Morgan fingerprint density at radius 2 is 1.81 bits per heavy atom. The van der Waals surface area contributed by atoms with Crippen LogP contribution in [0.1, 0.15) is 11.5 Å². The van der Waals surface area contributed by atoms with Crippen molar-refractivity contribution >= 4 is 17.2 Å². The predicted molar refractivity (Wildman–Crippen MR) is 107 cm³/mol. The maximum atomic E-state index is 9.56. The third-order valence-corrected chi connectivity index (χ3v) is 5.13.